The van der Waals surface area contributed by atoms with E-state index in [9.17, 15) is 4.79 Å². The predicted octanol–water partition coefficient (Wildman–Crippen LogP) is 2.47. The summed E-state index contributed by atoms with van der Waals surface area (Å²) in [5.41, 5.74) is 1.24. The minimum absolute atomic E-state index is 0.523. The Morgan fingerprint density at radius 3 is 2.56 bits per heavy atom. The Hall–Kier alpha value is -2.03. The second-order valence-corrected chi connectivity index (χ2v) is 3.04. The Kier molecular flexibility index (Phi) is 4.33. The molecule has 0 heterocycles. The zero-order valence-electron chi connectivity index (χ0n) is 9.40. The van der Waals surface area contributed by atoms with E-state index in [1.807, 2.05) is 0 Å². The Labute approximate surface area is 95.0 Å². The largest absolute Gasteiger partial charge is 0.497 e. The van der Waals surface area contributed by atoms with Gasteiger partial charge in [-0.3, -0.25) is 4.79 Å². The van der Waals surface area contributed by atoms with E-state index in [0.717, 1.165) is 11.8 Å². The molecule has 0 aliphatic rings. The number of aldehydes is 1. The molecule has 16 heavy (non-hydrogen) atoms. The van der Waals surface area contributed by atoms with Gasteiger partial charge >= 0.3 is 0 Å². The zero-order valence-corrected chi connectivity index (χ0v) is 9.40. The highest BCUT2D eigenvalue weighted by Crippen LogP contribution is 2.29. The van der Waals surface area contributed by atoms with Crippen LogP contribution in [0.4, 0.5) is 0 Å². The van der Waals surface area contributed by atoms with Crippen molar-refractivity contribution in [1.29, 1.82) is 0 Å². The van der Waals surface area contributed by atoms with Crippen molar-refractivity contribution in [3.8, 4) is 11.5 Å². The molecule has 0 bridgehead atoms. The average Bonchev–Trinajstić information content (AvgIpc) is 2.35. The lowest BCUT2D eigenvalue weighted by atomic mass is 10.1. The first-order valence-electron chi connectivity index (χ1n) is 4.77. The predicted molar refractivity (Wildman–Crippen MR) is 63.8 cm³/mol. The fraction of sp³-hybridized carbons (Fsp3) is 0.154. The van der Waals surface area contributed by atoms with E-state index in [-0.39, 0.29) is 0 Å². The number of carbonyl (C=O) groups excluding carboxylic acids is 1. The minimum Gasteiger partial charge on any atom is -0.497 e. The van der Waals surface area contributed by atoms with Crippen molar-refractivity contribution < 1.29 is 14.3 Å². The first-order chi connectivity index (χ1) is 7.76. The van der Waals surface area contributed by atoms with Crippen molar-refractivity contribution in [2.75, 3.05) is 14.2 Å². The van der Waals surface area contributed by atoms with Crippen molar-refractivity contribution >= 4 is 11.9 Å². The topological polar surface area (TPSA) is 35.5 Å². The fourth-order valence-electron chi connectivity index (χ4n) is 1.36. The van der Waals surface area contributed by atoms with Gasteiger partial charge in [-0.25, -0.2) is 0 Å². The maximum atomic E-state index is 10.9. The molecule has 1 aromatic rings. The molecule has 1 rings (SSSR count). The van der Waals surface area contributed by atoms with Crippen LogP contribution in [0, 0.1) is 0 Å². The summed E-state index contributed by atoms with van der Waals surface area (Å²) >= 11 is 0. The number of ether oxygens (including phenoxy) is 2. The quantitative estimate of drug-likeness (QED) is 0.432. The maximum absolute atomic E-state index is 10.9. The molecule has 0 fully saturated rings. The number of hydrogen-bond acceptors (Lipinski definition) is 3. The molecular formula is C13H14O3. The summed E-state index contributed by atoms with van der Waals surface area (Å²) < 4.78 is 10.3. The molecule has 0 N–H and O–H groups in total. The first-order valence-corrected chi connectivity index (χ1v) is 4.77. The third kappa shape index (κ3) is 2.51. The monoisotopic (exact) mass is 218 g/mol. The van der Waals surface area contributed by atoms with Crippen molar-refractivity contribution in [3.05, 3.63) is 42.5 Å². The molecular weight excluding hydrogens is 204 g/mol. The van der Waals surface area contributed by atoms with Crippen molar-refractivity contribution in [2.24, 2.45) is 0 Å². The van der Waals surface area contributed by atoms with Gasteiger partial charge in [-0.1, -0.05) is 18.7 Å². The van der Waals surface area contributed by atoms with Crippen LogP contribution in [-0.4, -0.2) is 20.5 Å². The molecule has 0 saturated heterocycles. The molecule has 0 amide bonds. The summed E-state index contributed by atoms with van der Waals surface area (Å²) in [5, 5.41) is 0. The highest BCUT2D eigenvalue weighted by atomic mass is 16.5. The molecule has 0 saturated carbocycles. The Morgan fingerprint density at radius 2 is 2.06 bits per heavy atom. The van der Waals surface area contributed by atoms with Gasteiger partial charge in [-0.2, -0.15) is 0 Å². The molecule has 1 aromatic carbocycles. The summed E-state index contributed by atoms with van der Waals surface area (Å²) in [6.07, 6.45) is 3.97. The van der Waals surface area contributed by atoms with Crippen LogP contribution < -0.4 is 9.47 Å². The molecule has 84 valence electrons. The smallest absolute Gasteiger partial charge is 0.150 e. The number of methoxy groups -OCH3 is 2. The van der Waals surface area contributed by atoms with Crippen molar-refractivity contribution in [1.82, 2.24) is 0 Å². The van der Waals surface area contributed by atoms with Crippen molar-refractivity contribution in [3.63, 3.8) is 0 Å². The van der Waals surface area contributed by atoms with E-state index >= 15 is 0 Å². The van der Waals surface area contributed by atoms with E-state index in [1.54, 1.807) is 44.6 Å². The molecule has 0 radical (unpaired) electrons. The van der Waals surface area contributed by atoms with E-state index < -0.39 is 0 Å². The Morgan fingerprint density at radius 1 is 1.31 bits per heavy atom. The van der Waals surface area contributed by atoms with Gasteiger partial charge in [0.05, 0.1) is 14.2 Å². The highest BCUT2D eigenvalue weighted by Gasteiger charge is 2.08. The summed E-state index contributed by atoms with van der Waals surface area (Å²) in [6, 6.07) is 5.29. The summed E-state index contributed by atoms with van der Waals surface area (Å²) in [4.78, 5) is 10.9. The van der Waals surface area contributed by atoms with Crippen LogP contribution in [0.2, 0.25) is 0 Å². The Balaban J connectivity index is 3.27. The number of carbonyl (C=O) groups is 1. The lowest BCUT2D eigenvalue weighted by Crippen LogP contribution is -1.94. The van der Waals surface area contributed by atoms with Gasteiger partial charge in [0.2, 0.25) is 0 Å². The van der Waals surface area contributed by atoms with Gasteiger partial charge in [0.25, 0.3) is 0 Å². The SMILES string of the molecule is C=C/C=C(/C=O)c1ccc(OC)cc1OC. The van der Waals surface area contributed by atoms with Crippen LogP contribution in [0.25, 0.3) is 5.57 Å². The van der Waals surface area contributed by atoms with Crippen molar-refractivity contribution in [2.45, 2.75) is 0 Å². The van der Waals surface area contributed by atoms with Crippen LogP contribution in [0.15, 0.2) is 36.9 Å². The molecule has 3 heteroatoms. The molecule has 0 unspecified atom stereocenters. The van der Waals surface area contributed by atoms with Gasteiger partial charge in [0.1, 0.15) is 11.5 Å². The third-order valence-electron chi connectivity index (χ3n) is 2.14. The third-order valence-corrected chi connectivity index (χ3v) is 2.14. The number of hydrogen-bond donors (Lipinski definition) is 0. The average molecular weight is 218 g/mol. The normalized spacial score (nSPS) is 10.8. The summed E-state index contributed by atoms with van der Waals surface area (Å²) in [5.74, 6) is 1.28. The van der Waals surface area contributed by atoms with Crippen LogP contribution >= 0.6 is 0 Å². The van der Waals surface area contributed by atoms with Gasteiger partial charge in [0.15, 0.2) is 6.29 Å². The standard InChI is InChI=1S/C13H14O3/c1-4-5-10(9-14)12-7-6-11(15-2)8-13(12)16-3/h4-9H,1H2,2-3H3/b10-5-. The zero-order chi connectivity index (χ0) is 12.0. The number of benzene rings is 1. The summed E-state index contributed by atoms with van der Waals surface area (Å²) in [7, 11) is 3.13. The van der Waals surface area contributed by atoms with Crippen LogP contribution in [0.3, 0.4) is 0 Å². The lowest BCUT2D eigenvalue weighted by Gasteiger charge is -2.09. The van der Waals surface area contributed by atoms with Gasteiger partial charge in [-0.05, 0) is 12.1 Å². The minimum atomic E-state index is 0.523. The van der Waals surface area contributed by atoms with E-state index in [1.165, 1.54) is 0 Å². The summed E-state index contributed by atoms with van der Waals surface area (Å²) in [6.45, 7) is 3.56. The van der Waals surface area contributed by atoms with Crippen LogP contribution in [0.1, 0.15) is 5.56 Å². The van der Waals surface area contributed by atoms with Gasteiger partial charge in [0, 0.05) is 17.2 Å². The van der Waals surface area contributed by atoms with Crippen LogP contribution in [-0.2, 0) is 4.79 Å². The fourth-order valence-corrected chi connectivity index (χ4v) is 1.36. The van der Waals surface area contributed by atoms with Gasteiger partial charge in [-0.15, -0.1) is 0 Å². The molecule has 0 atom stereocenters. The molecule has 0 aromatic heterocycles. The molecule has 0 aliphatic heterocycles. The second-order valence-electron chi connectivity index (χ2n) is 3.04. The number of rotatable bonds is 5. The highest BCUT2D eigenvalue weighted by molar-refractivity contribution is 6.08. The molecule has 0 aliphatic carbocycles. The van der Waals surface area contributed by atoms with E-state index in [2.05, 4.69) is 6.58 Å². The molecule has 0 spiro atoms. The maximum Gasteiger partial charge on any atom is 0.150 e. The van der Waals surface area contributed by atoms with E-state index in [4.69, 9.17) is 9.47 Å². The van der Waals surface area contributed by atoms with E-state index in [0.29, 0.717) is 17.1 Å². The first kappa shape index (κ1) is 12.0. The number of allylic oxidation sites excluding steroid dienone is 3. The molecule has 3 nitrogen and oxygen atoms in total. The Bertz CT molecular complexity index is 419. The van der Waals surface area contributed by atoms with Gasteiger partial charge < -0.3 is 9.47 Å². The van der Waals surface area contributed by atoms with Crippen LogP contribution in [0.5, 0.6) is 11.5 Å². The second kappa shape index (κ2) is 5.75. The lowest BCUT2D eigenvalue weighted by molar-refractivity contribution is -0.103.